The van der Waals surface area contributed by atoms with Crippen molar-refractivity contribution in [1.29, 1.82) is 0 Å². The van der Waals surface area contributed by atoms with E-state index in [-0.39, 0.29) is 5.78 Å². The third-order valence-corrected chi connectivity index (χ3v) is 1.85. The average Bonchev–Trinajstić information content (AvgIpc) is 2.50. The Labute approximate surface area is 78.9 Å². The van der Waals surface area contributed by atoms with Crippen molar-refractivity contribution in [2.24, 2.45) is 0 Å². The molecule has 0 amide bonds. The van der Waals surface area contributed by atoms with E-state index in [1.807, 2.05) is 36.9 Å². The van der Waals surface area contributed by atoms with E-state index in [1.54, 1.807) is 0 Å². The Balaban J connectivity index is 2.74. The van der Waals surface area contributed by atoms with E-state index in [1.165, 1.54) is 0 Å². The number of rotatable bonds is 4. The molecule has 0 aliphatic carbocycles. The molecule has 0 saturated carbocycles. The maximum atomic E-state index is 11.3. The molecular formula is C11H15NO. The molecule has 70 valence electrons. The zero-order valence-electron chi connectivity index (χ0n) is 8.21. The van der Waals surface area contributed by atoms with Gasteiger partial charge < -0.3 is 4.57 Å². The summed E-state index contributed by atoms with van der Waals surface area (Å²) in [6, 6.07) is 1.86. The lowest BCUT2D eigenvalue weighted by Crippen LogP contribution is -1.97. The Morgan fingerprint density at radius 3 is 2.85 bits per heavy atom. The van der Waals surface area contributed by atoms with Crippen LogP contribution in [0.25, 0.3) is 0 Å². The molecule has 0 saturated heterocycles. The summed E-state index contributed by atoms with van der Waals surface area (Å²) in [5, 5.41) is 0. The molecule has 1 heterocycles. The SMILES string of the molecule is C=C(C)Cn1ccc(C(=O)CC)c1. The summed E-state index contributed by atoms with van der Waals surface area (Å²) < 4.78 is 1.98. The van der Waals surface area contributed by atoms with Gasteiger partial charge >= 0.3 is 0 Å². The van der Waals surface area contributed by atoms with Crippen molar-refractivity contribution in [2.45, 2.75) is 26.8 Å². The van der Waals surface area contributed by atoms with Crippen LogP contribution >= 0.6 is 0 Å². The highest BCUT2D eigenvalue weighted by Crippen LogP contribution is 2.06. The van der Waals surface area contributed by atoms with E-state index in [0.29, 0.717) is 6.42 Å². The summed E-state index contributed by atoms with van der Waals surface area (Å²) in [6.45, 7) is 8.45. The number of nitrogens with zero attached hydrogens (tertiary/aromatic N) is 1. The third-order valence-electron chi connectivity index (χ3n) is 1.85. The van der Waals surface area contributed by atoms with Crippen LogP contribution in [0.5, 0.6) is 0 Å². The van der Waals surface area contributed by atoms with Gasteiger partial charge in [0, 0.05) is 30.9 Å². The molecule has 0 spiro atoms. The normalized spacial score (nSPS) is 10.0. The first-order valence-electron chi connectivity index (χ1n) is 4.47. The Morgan fingerprint density at radius 2 is 2.31 bits per heavy atom. The molecule has 0 aromatic carbocycles. The predicted molar refractivity (Wildman–Crippen MR) is 53.9 cm³/mol. The minimum absolute atomic E-state index is 0.195. The fourth-order valence-electron chi connectivity index (χ4n) is 1.22. The number of allylic oxidation sites excluding steroid dienone is 1. The average molecular weight is 177 g/mol. The van der Waals surface area contributed by atoms with Gasteiger partial charge in [0.2, 0.25) is 0 Å². The first-order chi connectivity index (χ1) is 6.13. The van der Waals surface area contributed by atoms with Gasteiger partial charge in [0.15, 0.2) is 5.78 Å². The van der Waals surface area contributed by atoms with E-state index in [9.17, 15) is 4.79 Å². The standard InChI is InChI=1S/C11H15NO/c1-4-11(13)10-5-6-12(8-10)7-9(2)3/h5-6,8H,2,4,7H2,1,3H3. The highest BCUT2D eigenvalue weighted by atomic mass is 16.1. The molecular weight excluding hydrogens is 162 g/mol. The smallest absolute Gasteiger partial charge is 0.164 e. The monoisotopic (exact) mass is 177 g/mol. The molecule has 13 heavy (non-hydrogen) atoms. The molecule has 0 atom stereocenters. The van der Waals surface area contributed by atoms with E-state index >= 15 is 0 Å². The molecule has 2 nitrogen and oxygen atoms in total. The maximum absolute atomic E-state index is 11.3. The van der Waals surface area contributed by atoms with Gasteiger partial charge in [-0.1, -0.05) is 19.1 Å². The molecule has 0 aliphatic rings. The van der Waals surface area contributed by atoms with Gasteiger partial charge in [-0.3, -0.25) is 4.79 Å². The van der Waals surface area contributed by atoms with Gasteiger partial charge in [-0.2, -0.15) is 0 Å². The number of carbonyl (C=O) groups is 1. The summed E-state index contributed by atoms with van der Waals surface area (Å²) in [4.78, 5) is 11.3. The van der Waals surface area contributed by atoms with Crippen LogP contribution in [0.4, 0.5) is 0 Å². The van der Waals surface area contributed by atoms with Crippen molar-refractivity contribution in [2.75, 3.05) is 0 Å². The molecule has 2 heteroatoms. The second kappa shape index (κ2) is 4.08. The maximum Gasteiger partial charge on any atom is 0.164 e. The third kappa shape index (κ3) is 2.58. The molecule has 1 aromatic heterocycles. The first-order valence-corrected chi connectivity index (χ1v) is 4.47. The summed E-state index contributed by atoms with van der Waals surface area (Å²) in [5.41, 5.74) is 1.88. The quantitative estimate of drug-likeness (QED) is 0.512. The zero-order chi connectivity index (χ0) is 9.84. The lowest BCUT2D eigenvalue weighted by molar-refractivity contribution is 0.0988. The molecule has 0 N–H and O–H groups in total. The van der Waals surface area contributed by atoms with Gasteiger partial charge in [-0.15, -0.1) is 0 Å². The van der Waals surface area contributed by atoms with E-state index in [2.05, 4.69) is 6.58 Å². The Bertz CT molecular complexity index is 323. The topological polar surface area (TPSA) is 22.0 Å². The van der Waals surface area contributed by atoms with Crippen molar-refractivity contribution in [3.05, 3.63) is 36.2 Å². The Hall–Kier alpha value is -1.31. The number of ketones is 1. The number of hydrogen-bond acceptors (Lipinski definition) is 1. The van der Waals surface area contributed by atoms with Crippen LogP contribution in [0, 0.1) is 0 Å². The molecule has 1 rings (SSSR count). The number of carbonyl (C=O) groups excluding carboxylic acids is 1. The van der Waals surface area contributed by atoms with Crippen LogP contribution in [0.15, 0.2) is 30.6 Å². The molecule has 1 aromatic rings. The predicted octanol–water partition coefficient (Wildman–Crippen LogP) is 2.66. The van der Waals surface area contributed by atoms with Crippen molar-refractivity contribution in [3.63, 3.8) is 0 Å². The second-order valence-corrected chi connectivity index (χ2v) is 3.31. The molecule has 0 fully saturated rings. The molecule has 0 unspecified atom stereocenters. The van der Waals surface area contributed by atoms with Crippen molar-refractivity contribution < 1.29 is 4.79 Å². The summed E-state index contributed by atoms with van der Waals surface area (Å²) in [6.07, 6.45) is 4.36. The van der Waals surface area contributed by atoms with E-state index in [0.717, 1.165) is 17.7 Å². The zero-order valence-corrected chi connectivity index (χ0v) is 8.21. The van der Waals surface area contributed by atoms with Crippen LogP contribution < -0.4 is 0 Å². The number of hydrogen-bond donors (Lipinski definition) is 0. The highest BCUT2D eigenvalue weighted by Gasteiger charge is 2.03. The summed E-state index contributed by atoms with van der Waals surface area (Å²) >= 11 is 0. The van der Waals surface area contributed by atoms with Crippen molar-refractivity contribution in [1.82, 2.24) is 4.57 Å². The van der Waals surface area contributed by atoms with Crippen LogP contribution in [0.1, 0.15) is 30.6 Å². The Kier molecular flexibility index (Phi) is 3.07. The lowest BCUT2D eigenvalue weighted by atomic mass is 10.2. The Morgan fingerprint density at radius 1 is 1.62 bits per heavy atom. The largest absolute Gasteiger partial charge is 0.350 e. The molecule has 0 radical (unpaired) electrons. The minimum atomic E-state index is 0.195. The van der Waals surface area contributed by atoms with Gasteiger partial charge in [0.05, 0.1) is 0 Å². The second-order valence-electron chi connectivity index (χ2n) is 3.31. The fraction of sp³-hybridized carbons (Fsp3) is 0.364. The van der Waals surface area contributed by atoms with Crippen LogP contribution in [-0.4, -0.2) is 10.4 Å². The lowest BCUT2D eigenvalue weighted by Gasteiger charge is -1.99. The van der Waals surface area contributed by atoms with Crippen LogP contribution in [0.3, 0.4) is 0 Å². The van der Waals surface area contributed by atoms with Gasteiger partial charge in [-0.25, -0.2) is 0 Å². The number of Topliss-reactive ketones (excluding diaryl/α,β-unsaturated/α-hetero) is 1. The summed E-state index contributed by atoms with van der Waals surface area (Å²) in [5.74, 6) is 0.195. The minimum Gasteiger partial charge on any atom is -0.350 e. The van der Waals surface area contributed by atoms with Gasteiger partial charge in [-0.05, 0) is 13.0 Å². The van der Waals surface area contributed by atoms with Crippen molar-refractivity contribution in [3.8, 4) is 0 Å². The van der Waals surface area contributed by atoms with E-state index in [4.69, 9.17) is 0 Å². The highest BCUT2D eigenvalue weighted by molar-refractivity contribution is 5.95. The first kappa shape index (κ1) is 9.78. The van der Waals surface area contributed by atoms with Gasteiger partial charge in [0.1, 0.15) is 0 Å². The van der Waals surface area contributed by atoms with Crippen molar-refractivity contribution >= 4 is 5.78 Å². The van der Waals surface area contributed by atoms with Crippen LogP contribution in [0.2, 0.25) is 0 Å². The fourth-order valence-corrected chi connectivity index (χ4v) is 1.22. The van der Waals surface area contributed by atoms with E-state index < -0.39 is 0 Å². The summed E-state index contributed by atoms with van der Waals surface area (Å²) in [7, 11) is 0. The van der Waals surface area contributed by atoms with Crippen LogP contribution in [-0.2, 0) is 6.54 Å². The van der Waals surface area contributed by atoms with Gasteiger partial charge in [0.25, 0.3) is 0 Å². The molecule has 0 bridgehead atoms. The molecule has 0 aliphatic heterocycles. The number of aromatic nitrogens is 1.